The number of aliphatic hydroxyl groups is 1. The zero-order valence-corrected chi connectivity index (χ0v) is 14.7. The van der Waals surface area contributed by atoms with E-state index >= 15 is 0 Å². The minimum atomic E-state index is -0.410. The van der Waals surface area contributed by atoms with E-state index in [2.05, 4.69) is 9.97 Å². The van der Waals surface area contributed by atoms with Crippen molar-refractivity contribution in [2.24, 2.45) is 5.92 Å². The summed E-state index contributed by atoms with van der Waals surface area (Å²) >= 11 is 1.59. The highest BCUT2D eigenvalue weighted by atomic mass is 32.1. The van der Waals surface area contributed by atoms with Crippen LogP contribution in [0.2, 0.25) is 0 Å². The molecule has 0 unspecified atom stereocenters. The molecule has 130 valence electrons. The topological polar surface area (TPSA) is 69.2 Å². The van der Waals surface area contributed by atoms with Gasteiger partial charge in [-0.1, -0.05) is 18.2 Å². The number of fused-ring (bicyclic) bond motifs is 1. The van der Waals surface area contributed by atoms with E-state index in [-0.39, 0.29) is 11.8 Å². The van der Waals surface area contributed by atoms with E-state index in [9.17, 15) is 9.90 Å². The van der Waals surface area contributed by atoms with Gasteiger partial charge in [-0.15, -0.1) is 11.3 Å². The van der Waals surface area contributed by atoms with Gasteiger partial charge in [0.15, 0.2) is 0 Å². The van der Waals surface area contributed by atoms with Crippen molar-refractivity contribution in [1.82, 2.24) is 14.9 Å². The normalized spacial score (nSPS) is 17.1. The molecule has 2 N–H and O–H groups in total. The largest absolute Gasteiger partial charge is 0.387 e. The van der Waals surface area contributed by atoms with Gasteiger partial charge in [-0.3, -0.25) is 4.79 Å². The number of hydrogen-bond donors (Lipinski definition) is 2. The molecule has 25 heavy (non-hydrogen) atoms. The first-order valence-electron chi connectivity index (χ1n) is 8.63. The number of para-hydroxylation sites is 2. The molecule has 4 rings (SSSR count). The predicted molar refractivity (Wildman–Crippen MR) is 98.4 cm³/mol. The van der Waals surface area contributed by atoms with E-state index in [4.69, 9.17) is 0 Å². The highest BCUT2D eigenvalue weighted by Gasteiger charge is 2.28. The van der Waals surface area contributed by atoms with Crippen molar-refractivity contribution in [3.05, 3.63) is 52.5 Å². The number of carbonyl (C=O) groups excluding carboxylic acids is 1. The van der Waals surface area contributed by atoms with Crippen molar-refractivity contribution < 1.29 is 9.90 Å². The smallest absolute Gasteiger partial charge is 0.230 e. The maximum atomic E-state index is 12.6. The summed E-state index contributed by atoms with van der Waals surface area (Å²) < 4.78 is 0. The van der Waals surface area contributed by atoms with Crippen LogP contribution >= 0.6 is 11.3 Å². The standard InChI is InChI=1S/C19H21N3O2S/c23-18(12-17-20-14-4-1-2-5-15(14)21-17)22-9-7-13(8-10-22)19(24)16-6-3-11-25-16/h1-6,11,13,19,24H,7-10,12H2,(H,20,21)/t19-/m0/s1. The quantitative estimate of drug-likeness (QED) is 0.755. The molecule has 0 radical (unpaired) electrons. The lowest BCUT2D eigenvalue weighted by Gasteiger charge is -2.34. The monoisotopic (exact) mass is 355 g/mol. The van der Waals surface area contributed by atoms with E-state index in [1.807, 2.05) is 46.7 Å². The van der Waals surface area contributed by atoms with Crippen LogP contribution in [0.1, 0.15) is 29.6 Å². The molecule has 1 aromatic carbocycles. The Morgan fingerprint density at radius 1 is 1.28 bits per heavy atom. The second kappa shape index (κ2) is 6.98. The molecule has 1 fully saturated rings. The van der Waals surface area contributed by atoms with E-state index in [1.54, 1.807) is 11.3 Å². The van der Waals surface area contributed by atoms with Crippen molar-refractivity contribution >= 4 is 28.3 Å². The van der Waals surface area contributed by atoms with Crippen LogP contribution in [0.5, 0.6) is 0 Å². The van der Waals surface area contributed by atoms with Gasteiger partial charge in [-0.25, -0.2) is 4.98 Å². The predicted octanol–water partition coefficient (Wildman–Crippen LogP) is 3.14. The van der Waals surface area contributed by atoms with Gasteiger partial charge in [0.2, 0.25) is 5.91 Å². The number of H-pyrrole nitrogens is 1. The molecule has 1 aliphatic heterocycles. The fourth-order valence-electron chi connectivity index (χ4n) is 3.50. The molecule has 0 aliphatic carbocycles. The number of amides is 1. The van der Waals surface area contributed by atoms with E-state index in [0.29, 0.717) is 25.3 Å². The lowest BCUT2D eigenvalue weighted by Crippen LogP contribution is -2.40. The molecule has 1 atom stereocenters. The second-order valence-corrected chi connectivity index (χ2v) is 7.54. The Bertz CT molecular complexity index is 818. The number of aromatic nitrogens is 2. The fraction of sp³-hybridized carbons (Fsp3) is 0.368. The number of rotatable bonds is 4. The van der Waals surface area contributed by atoms with Crippen LogP contribution in [-0.2, 0) is 11.2 Å². The second-order valence-electron chi connectivity index (χ2n) is 6.56. The maximum Gasteiger partial charge on any atom is 0.230 e. The Hall–Kier alpha value is -2.18. The zero-order valence-electron chi connectivity index (χ0n) is 13.9. The first-order chi connectivity index (χ1) is 12.2. The third-order valence-electron chi connectivity index (χ3n) is 4.93. The molecule has 2 aromatic heterocycles. The summed E-state index contributed by atoms with van der Waals surface area (Å²) in [5, 5.41) is 12.5. The van der Waals surface area contributed by atoms with Crippen LogP contribution in [0.3, 0.4) is 0 Å². The number of likely N-dealkylation sites (tertiary alicyclic amines) is 1. The molecular weight excluding hydrogens is 334 g/mol. The molecule has 1 amide bonds. The Balaban J connectivity index is 1.35. The number of nitrogens with zero attached hydrogens (tertiary/aromatic N) is 2. The summed E-state index contributed by atoms with van der Waals surface area (Å²) in [4.78, 5) is 23.2. The number of carbonyl (C=O) groups is 1. The first kappa shape index (κ1) is 16.3. The Labute approximate surface area is 150 Å². The average Bonchev–Trinajstić information content (AvgIpc) is 3.30. The van der Waals surface area contributed by atoms with Gasteiger partial charge < -0.3 is 15.0 Å². The highest BCUT2D eigenvalue weighted by Crippen LogP contribution is 2.33. The highest BCUT2D eigenvalue weighted by molar-refractivity contribution is 7.10. The summed E-state index contributed by atoms with van der Waals surface area (Å²) in [7, 11) is 0. The molecule has 3 aromatic rings. The molecule has 0 spiro atoms. The van der Waals surface area contributed by atoms with Gasteiger partial charge in [-0.2, -0.15) is 0 Å². The molecule has 0 bridgehead atoms. The van der Waals surface area contributed by atoms with Gasteiger partial charge >= 0.3 is 0 Å². The molecule has 0 saturated carbocycles. The molecule has 1 aliphatic rings. The minimum absolute atomic E-state index is 0.100. The SMILES string of the molecule is O=C(Cc1nc2ccccc2[nH]1)N1CCC([C@H](O)c2cccs2)CC1. The van der Waals surface area contributed by atoms with Gasteiger partial charge in [-0.05, 0) is 42.3 Å². The molecule has 6 heteroatoms. The van der Waals surface area contributed by atoms with E-state index in [0.717, 1.165) is 28.8 Å². The molecule has 1 saturated heterocycles. The van der Waals surface area contributed by atoms with Crippen LogP contribution in [0.15, 0.2) is 41.8 Å². The Morgan fingerprint density at radius 2 is 2.08 bits per heavy atom. The summed E-state index contributed by atoms with van der Waals surface area (Å²) in [6, 6.07) is 11.8. The minimum Gasteiger partial charge on any atom is -0.387 e. The van der Waals surface area contributed by atoms with Crippen LogP contribution in [0, 0.1) is 5.92 Å². The molecule has 3 heterocycles. The van der Waals surface area contributed by atoms with Crippen molar-refractivity contribution in [2.75, 3.05) is 13.1 Å². The van der Waals surface area contributed by atoms with Crippen LogP contribution in [-0.4, -0.2) is 39.0 Å². The summed E-state index contributed by atoms with van der Waals surface area (Å²) in [6.07, 6.45) is 1.57. The van der Waals surface area contributed by atoms with Crippen molar-refractivity contribution in [1.29, 1.82) is 0 Å². The van der Waals surface area contributed by atoms with E-state index in [1.165, 1.54) is 0 Å². The van der Waals surface area contributed by atoms with E-state index < -0.39 is 6.10 Å². The van der Waals surface area contributed by atoms with Gasteiger partial charge in [0, 0.05) is 18.0 Å². The van der Waals surface area contributed by atoms with Crippen molar-refractivity contribution in [3.8, 4) is 0 Å². The number of imidazole rings is 1. The van der Waals surface area contributed by atoms with Crippen LogP contribution in [0.25, 0.3) is 11.0 Å². The number of piperidine rings is 1. The zero-order chi connectivity index (χ0) is 17.2. The molecular formula is C19H21N3O2S. The summed E-state index contributed by atoms with van der Waals surface area (Å²) in [5.74, 6) is 1.05. The van der Waals surface area contributed by atoms with Crippen LogP contribution in [0.4, 0.5) is 0 Å². The lowest BCUT2D eigenvalue weighted by molar-refractivity contribution is -0.132. The number of thiophene rings is 1. The fourth-order valence-corrected chi connectivity index (χ4v) is 4.30. The number of aliphatic hydroxyl groups excluding tert-OH is 1. The number of hydrogen-bond acceptors (Lipinski definition) is 4. The summed E-state index contributed by atoms with van der Waals surface area (Å²) in [6.45, 7) is 1.40. The number of benzene rings is 1. The number of aromatic amines is 1. The van der Waals surface area contributed by atoms with Gasteiger partial charge in [0.1, 0.15) is 5.82 Å². The van der Waals surface area contributed by atoms with Gasteiger partial charge in [0.25, 0.3) is 0 Å². The maximum absolute atomic E-state index is 12.6. The van der Waals surface area contributed by atoms with Crippen LogP contribution < -0.4 is 0 Å². The third-order valence-corrected chi connectivity index (χ3v) is 5.87. The Morgan fingerprint density at radius 3 is 2.80 bits per heavy atom. The number of nitrogens with one attached hydrogen (secondary N) is 1. The average molecular weight is 355 g/mol. The third kappa shape index (κ3) is 3.45. The molecule has 5 nitrogen and oxygen atoms in total. The van der Waals surface area contributed by atoms with Crippen molar-refractivity contribution in [2.45, 2.75) is 25.4 Å². The Kier molecular flexibility index (Phi) is 4.55. The van der Waals surface area contributed by atoms with Crippen molar-refractivity contribution in [3.63, 3.8) is 0 Å². The summed E-state index contributed by atoms with van der Waals surface area (Å²) in [5.41, 5.74) is 1.85. The first-order valence-corrected chi connectivity index (χ1v) is 9.51. The van der Waals surface area contributed by atoms with Gasteiger partial charge in [0.05, 0.1) is 23.6 Å². The lowest BCUT2D eigenvalue weighted by atomic mass is 9.90.